The largest absolute Gasteiger partial charge is 0.472 e. The summed E-state index contributed by atoms with van der Waals surface area (Å²) in [5, 5.41) is 0. The molecule has 0 aromatic carbocycles. The van der Waals surface area contributed by atoms with Gasteiger partial charge in [0.05, 0.1) is 27.7 Å². The quantitative estimate of drug-likeness (QED) is 0.0211. The Morgan fingerprint density at radius 2 is 0.754 bits per heavy atom. The van der Waals surface area contributed by atoms with E-state index in [2.05, 4.69) is 26.0 Å². The van der Waals surface area contributed by atoms with Crippen molar-refractivity contribution in [3.63, 3.8) is 0 Å². The molecule has 0 fully saturated rings. The van der Waals surface area contributed by atoms with E-state index in [1.54, 1.807) is 0 Å². The molecule has 69 heavy (non-hydrogen) atoms. The SMILES string of the molecule is CCCCCCCCCCCCCCCCCCCCC=CCCCC(=O)OCC(COP(=O)(O)OCC[N+](C)(C)C)OC(=O)CCCCCCCCCCCCCCCCCCCCCCCC. The van der Waals surface area contributed by atoms with Crippen LogP contribution in [0.1, 0.15) is 303 Å². The van der Waals surface area contributed by atoms with Crippen molar-refractivity contribution < 1.29 is 42.1 Å². The highest BCUT2D eigenvalue weighted by atomic mass is 31.2. The van der Waals surface area contributed by atoms with E-state index in [9.17, 15) is 19.0 Å². The molecular formula is C59H117NO8P+. The van der Waals surface area contributed by atoms with E-state index < -0.39 is 26.5 Å². The third-order valence-electron chi connectivity index (χ3n) is 13.5. The molecule has 0 spiro atoms. The third-order valence-corrected chi connectivity index (χ3v) is 14.5. The molecule has 0 heterocycles. The van der Waals surface area contributed by atoms with Crippen LogP contribution in [0, 0.1) is 0 Å². The fourth-order valence-electron chi connectivity index (χ4n) is 8.91. The molecule has 0 radical (unpaired) electrons. The van der Waals surface area contributed by atoms with Gasteiger partial charge in [0.2, 0.25) is 0 Å². The minimum Gasteiger partial charge on any atom is -0.462 e. The summed E-state index contributed by atoms with van der Waals surface area (Å²) in [5.74, 6) is -0.814. The van der Waals surface area contributed by atoms with Crippen LogP contribution in [0.2, 0.25) is 0 Å². The third kappa shape index (κ3) is 55.9. The van der Waals surface area contributed by atoms with Crippen LogP contribution in [-0.2, 0) is 32.7 Å². The van der Waals surface area contributed by atoms with Crippen LogP contribution in [0.4, 0.5) is 0 Å². The molecule has 0 aliphatic rings. The summed E-state index contributed by atoms with van der Waals surface area (Å²) in [5.41, 5.74) is 0. The number of quaternary nitrogens is 1. The Morgan fingerprint density at radius 1 is 0.435 bits per heavy atom. The van der Waals surface area contributed by atoms with Gasteiger partial charge in [-0.3, -0.25) is 18.6 Å². The van der Waals surface area contributed by atoms with Crippen molar-refractivity contribution in [2.75, 3.05) is 47.5 Å². The number of nitrogens with zero attached hydrogens (tertiary/aromatic N) is 1. The first-order chi connectivity index (χ1) is 33.5. The van der Waals surface area contributed by atoms with E-state index in [-0.39, 0.29) is 32.0 Å². The van der Waals surface area contributed by atoms with Crippen molar-refractivity contribution in [1.29, 1.82) is 0 Å². The zero-order valence-electron chi connectivity index (χ0n) is 46.6. The Balaban J connectivity index is 4.13. The number of hydrogen-bond acceptors (Lipinski definition) is 7. The highest BCUT2D eigenvalue weighted by Crippen LogP contribution is 2.43. The predicted molar refractivity (Wildman–Crippen MR) is 294 cm³/mol. The number of phosphoric acid groups is 1. The first-order valence-electron chi connectivity index (χ1n) is 29.9. The zero-order chi connectivity index (χ0) is 50.6. The Bertz CT molecular complexity index is 1180. The molecule has 0 aliphatic heterocycles. The van der Waals surface area contributed by atoms with Crippen molar-refractivity contribution in [2.45, 2.75) is 309 Å². The number of rotatable bonds is 56. The van der Waals surface area contributed by atoms with Gasteiger partial charge in [-0.15, -0.1) is 0 Å². The maximum absolute atomic E-state index is 12.8. The summed E-state index contributed by atoms with van der Waals surface area (Å²) < 4.78 is 34.6. The summed E-state index contributed by atoms with van der Waals surface area (Å²) in [6, 6.07) is 0. The number of phosphoric ester groups is 1. The second-order valence-corrected chi connectivity index (χ2v) is 23.2. The van der Waals surface area contributed by atoms with Crippen molar-refractivity contribution >= 4 is 19.8 Å². The van der Waals surface area contributed by atoms with Gasteiger partial charge in [-0.1, -0.05) is 270 Å². The molecule has 0 saturated carbocycles. The molecule has 0 saturated heterocycles. The lowest BCUT2D eigenvalue weighted by atomic mass is 10.0. The fraction of sp³-hybridized carbons (Fsp3) is 0.932. The number of allylic oxidation sites excluding steroid dienone is 2. The Hall–Kier alpha value is -1.25. The maximum Gasteiger partial charge on any atom is 0.472 e. The maximum atomic E-state index is 12.8. The summed E-state index contributed by atoms with van der Waals surface area (Å²) in [7, 11) is 1.48. The molecule has 0 aromatic rings. The van der Waals surface area contributed by atoms with E-state index in [4.69, 9.17) is 18.5 Å². The molecule has 2 atom stereocenters. The number of hydrogen-bond donors (Lipinski definition) is 1. The molecule has 10 heteroatoms. The van der Waals surface area contributed by atoms with Crippen molar-refractivity contribution in [2.24, 2.45) is 0 Å². The van der Waals surface area contributed by atoms with Gasteiger partial charge >= 0.3 is 19.8 Å². The van der Waals surface area contributed by atoms with E-state index in [1.165, 1.54) is 238 Å². The minimum absolute atomic E-state index is 0.0320. The smallest absolute Gasteiger partial charge is 0.462 e. The first-order valence-corrected chi connectivity index (χ1v) is 31.4. The number of likely N-dealkylation sites (N-methyl/N-ethyl adjacent to an activating group) is 1. The van der Waals surface area contributed by atoms with Crippen molar-refractivity contribution in [3.8, 4) is 0 Å². The average Bonchev–Trinajstić information content (AvgIpc) is 3.31. The molecule has 0 bridgehead atoms. The van der Waals surface area contributed by atoms with Crippen LogP contribution in [0.25, 0.3) is 0 Å². The molecule has 9 nitrogen and oxygen atoms in total. The number of esters is 2. The molecule has 0 amide bonds. The van der Waals surface area contributed by atoms with Gasteiger partial charge in [0.25, 0.3) is 0 Å². The minimum atomic E-state index is -4.39. The summed E-state index contributed by atoms with van der Waals surface area (Å²) in [4.78, 5) is 35.7. The number of ether oxygens (including phenoxy) is 2. The summed E-state index contributed by atoms with van der Waals surface area (Å²) >= 11 is 0. The lowest BCUT2D eigenvalue weighted by molar-refractivity contribution is -0.870. The fourth-order valence-corrected chi connectivity index (χ4v) is 9.65. The molecule has 0 rings (SSSR count). The zero-order valence-corrected chi connectivity index (χ0v) is 47.5. The monoisotopic (exact) mass is 999 g/mol. The number of unbranched alkanes of at least 4 members (excludes halogenated alkanes) is 40. The van der Waals surface area contributed by atoms with Gasteiger partial charge in [0.1, 0.15) is 19.8 Å². The van der Waals surface area contributed by atoms with E-state index in [0.29, 0.717) is 23.9 Å². The Kier molecular flexibility index (Phi) is 50.7. The van der Waals surface area contributed by atoms with Gasteiger partial charge in [0.15, 0.2) is 6.10 Å². The van der Waals surface area contributed by atoms with Crippen molar-refractivity contribution in [1.82, 2.24) is 0 Å². The standard InChI is InChI=1S/C59H116NO8P/c1-6-8-10-12-14-16-18-20-22-24-26-28-30-32-33-35-37-39-41-43-45-47-49-51-58(61)65-55-57(56-67-69(63,64)66-54-53-60(3,4)5)68-59(62)52-50-48-46-44-42-40-38-36-34-31-29-27-25-23-21-19-17-15-13-11-9-7-2/h43,45,57H,6-42,44,46-56H2,1-5H3/p+1. The average molecular weight is 1000 g/mol. The van der Waals surface area contributed by atoms with E-state index in [0.717, 1.165) is 25.7 Å². The highest BCUT2D eigenvalue weighted by Gasteiger charge is 2.27. The van der Waals surface area contributed by atoms with Gasteiger partial charge in [-0.25, -0.2) is 4.57 Å². The molecule has 410 valence electrons. The lowest BCUT2D eigenvalue weighted by Crippen LogP contribution is -2.37. The topological polar surface area (TPSA) is 108 Å². The molecule has 1 N–H and O–H groups in total. The van der Waals surface area contributed by atoms with Gasteiger partial charge in [-0.05, 0) is 32.1 Å². The van der Waals surface area contributed by atoms with E-state index in [1.807, 2.05) is 21.1 Å². The molecule has 2 unspecified atom stereocenters. The van der Waals surface area contributed by atoms with Crippen LogP contribution >= 0.6 is 7.82 Å². The van der Waals surface area contributed by atoms with Crippen molar-refractivity contribution in [3.05, 3.63) is 12.2 Å². The summed E-state index contributed by atoms with van der Waals surface area (Å²) in [6.45, 7) is 4.47. The van der Waals surface area contributed by atoms with Crippen LogP contribution in [-0.4, -0.2) is 74.9 Å². The van der Waals surface area contributed by atoms with Gasteiger partial charge < -0.3 is 18.9 Å². The Morgan fingerprint density at radius 3 is 1.12 bits per heavy atom. The van der Waals surface area contributed by atoms with E-state index >= 15 is 0 Å². The predicted octanol–water partition coefficient (Wildman–Crippen LogP) is 18.4. The lowest BCUT2D eigenvalue weighted by Gasteiger charge is -2.24. The number of carbonyl (C=O) groups excluding carboxylic acids is 2. The number of carbonyl (C=O) groups is 2. The van der Waals surface area contributed by atoms with Crippen LogP contribution in [0.5, 0.6) is 0 Å². The first kappa shape index (κ1) is 67.8. The normalized spacial score (nSPS) is 13.3. The molecular weight excluding hydrogens is 882 g/mol. The van der Waals surface area contributed by atoms with Gasteiger partial charge in [0, 0.05) is 12.8 Å². The second-order valence-electron chi connectivity index (χ2n) is 21.7. The van der Waals surface area contributed by atoms with Crippen LogP contribution in [0.3, 0.4) is 0 Å². The Labute approximate surface area is 428 Å². The highest BCUT2D eigenvalue weighted by molar-refractivity contribution is 7.47. The summed E-state index contributed by atoms with van der Waals surface area (Å²) in [6.07, 6.45) is 60.1. The van der Waals surface area contributed by atoms with Gasteiger partial charge in [-0.2, -0.15) is 0 Å². The molecule has 0 aliphatic carbocycles. The second kappa shape index (κ2) is 51.6. The van der Waals surface area contributed by atoms with Crippen LogP contribution < -0.4 is 0 Å². The van der Waals surface area contributed by atoms with Crippen LogP contribution in [0.15, 0.2) is 12.2 Å². The molecule has 0 aromatic heterocycles.